The van der Waals surface area contributed by atoms with Gasteiger partial charge in [-0.2, -0.15) is 5.10 Å². The van der Waals surface area contributed by atoms with Gasteiger partial charge in [-0.25, -0.2) is 0 Å². The Bertz CT molecular complexity index is 475. The number of hydrogen-bond donors (Lipinski definition) is 2. The largest absolute Gasteiger partial charge is 0.368 e. The van der Waals surface area contributed by atoms with Gasteiger partial charge in [-0.3, -0.25) is 4.79 Å². The van der Waals surface area contributed by atoms with E-state index in [1.54, 1.807) is 0 Å². The predicted octanol–water partition coefficient (Wildman–Crippen LogP) is 1.15. The molecule has 0 saturated carbocycles. The van der Waals surface area contributed by atoms with Crippen molar-refractivity contribution in [3.63, 3.8) is 0 Å². The van der Waals surface area contributed by atoms with Crippen LogP contribution in [0.15, 0.2) is 0 Å². The van der Waals surface area contributed by atoms with Gasteiger partial charge >= 0.3 is 0 Å². The second-order valence-corrected chi connectivity index (χ2v) is 5.08. The molecule has 0 unspecified atom stereocenters. The number of hydrogen-bond acceptors (Lipinski definition) is 5. The summed E-state index contributed by atoms with van der Waals surface area (Å²) in [5, 5.41) is 8.64. The van der Waals surface area contributed by atoms with Crippen molar-refractivity contribution in [1.82, 2.24) is 10.2 Å². The average molecular weight is 293 g/mol. The van der Waals surface area contributed by atoms with Crippen molar-refractivity contribution < 1.29 is 4.79 Å². The molecular formula is C15H27N5O. The van der Waals surface area contributed by atoms with E-state index in [1.807, 2.05) is 4.90 Å². The standard InChI is InChI=1S/C15H27N5O/c1-4-7-8-20(10-14(17)21)15-12(9-16)11(5-2)13(6-3)18-19-15/h4-10,16H2,1-3H3,(H2,17,21). The van der Waals surface area contributed by atoms with Gasteiger partial charge in [0.05, 0.1) is 12.2 Å². The second-order valence-electron chi connectivity index (χ2n) is 5.08. The Kier molecular flexibility index (Phi) is 7.08. The smallest absolute Gasteiger partial charge is 0.236 e. The Labute approximate surface area is 126 Å². The van der Waals surface area contributed by atoms with Crippen LogP contribution in [0.5, 0.6) is 0 Å². The lowest BCUT2D eigenvalue weighted by Crippen LogP contribution is -2.36. The lowest BCUT2D eigenvalue weighted by molar-refractivity contribution is -0.116. The zero-order valence-electron chi connectivity index (χ0n) is 13.4. The number of carbonyl (C=O) groups is 1. The molecule has 0 aliphatic heterocycles. The third kappa shape index (κ3) is 4.39. The molecule has 0 aromatic carbocycles. The van der Waals surface area contributed by atoms with E-state index < -0.39 is 0 Å². The van der Waals surface area contributed by atoms with Crippen LogP contribution < -0.4 is 16.4 Å². The molecule has 4 N–H and O–H groups in total. The van der Waals surface area contributed by atoms with Gasteiger partial charge in [0.2, 0.25) is 5.91 Å². The number of primary amides is 1. The molecule has 0 aliphatic carbocycles. The SMILES string of the molecule is CCCCN(CC(N)=O)c1nnc(CC)c(CC)c1CN. The highest BCUT2D eigenvalue weighted by molar-refractivity contribution is 5.79. The Hall–Kier alpha value is -1.69. The number of nitrogens with zero attached hydrogens (tertiary/aromatic N) is 3. The summed E-state index contributed by atoms with van der Waals surface area (Å²) < 4.78 is 0. The summed E-state index contributed by atoms with van der Waals surface area (Å²) in [6.07, 6.45) is 3.69. The van der Waals surface area contributed by atoms with E-state index in [0.29, 0.717) is 12.4 Å². The molecular weight excluding hydrogens is 266 g/mol. The first-order valence-electron chi connectivity index (χ1n) is 7.69. The zero-order chi connectivity index (χ0) is 15.8. The number of anilines is 1. The summed E-state index contributed by atoms with van der Waals surface area (Å²) in [6.45, 7) is 7.52. The third-order valence-electron chi connectivity index (χ3n) is 3.57. The van der Waals surface area contributed by atoms with Crippen LogP contribution in [-0.2, 0) is 24.2 Å². The highest BCUT2D eigenvalue weighted by atomic mass is 16.1. The molecule has 0 radical (unpaired) electrons. The first-order valence-corrected chi connectivity index (χ1v) is 7.69. The van der Waals surface area contributed by atoms with Gasteiger partial charge in [0.15, 0.2) is 5.82 Å². The second kappa shape index (κ2) is 8.56. The number of aryl methyl sites for hydroxylation is 1. The molecule has 118 valence electrons. The van der Waals surface area contributed by atoms with E-state index in [-0.39, 0.29) is 12.5 Å². The van der Waals surface area contributed by atoms with Crippen molar-refractivity contribution in [2.24, 2.45) is 11.5 Å². The Balaban J connectivity index is 3.25. The van der Waals surface area contributed by atoms with Gasteiger partial charge in [-0.05, 0) is 24.8 Å². The number of aromatic nitrogens is 2. The van der Waals surface area contributed by atoms with Crippen molar-refractivity contribution >= 4 is 11.7 Å². The molecule has 0 aliphatic rings. The van der Waals surface area contributed by atoms with E-state index in [2.05, 4.69) is 31.0 Å². The van der Waals surface area contributed by atoms with Crippen LogP contribution in [0.2, 0.25) is 0 Å². The predicted molar refractivity (Wildman–Crippen MR) is 85.0 cm³/mol. The molecule has 6 nitrogen and oxygen atoms in total. The monoisotopic (exact) mass is 293 g/mol. The van der Waals surface area contributed by atoms with Crippen molar-refractivity contribution in [3.8, 4) is 0 Å². The summed E-state index contributed by atoms with van der Waals surface area (Å²) in [4.78, 5) is 13.2. The molecule has 21 heavy (non-hydrogen) atoms. The normalized spacial score (nSPS) is 10.7. The van der Waals surface area contributed by atoms with Crippen LogP contribution in [0, 0.1) is 0 Å². The van der Waals surface area contributed by atoms with Crippen LogP contribution in [-0.4, -0.2) is 29.2 Å². The van der Waals surface area contributed by atoms with Crippen LogP contribution in [0.25, 0.3) is 0 Å². The Morgan fingerprint density at radius 2 is 1.86 bits per heavy atom. The summed E-state index contributed by atoms with van der Waals surface area (Å²) in [5.74, 6) is 0.340. The van der Waals surface area contributed by atoms with E-state index in [4.69, 9.17) is 11.5 Å². The summed E-state index contributed by atoms with van der Waals surface area (Å²) in [6, 6.07) is 0. The van der Waals surface area contributed by atoms with Gasteiger partial charge in [0.1, 0.15) is 0 Å². The first kappa shape index (κ1) is 17.4. The van der Waals surface area contributed by atoms with Crippen molar-refractivity contribution in [1.29, 1.82) is 0 Å². The van der Waals surface area contributed by atoms with E-state index in [0.717, 1.165) is 49.0 Å². The molecule has 0 fully saturated rings. The summed E-state index contributed by atoms with van der Waals surface area (Å²) in [7, 11) is 0. The van der Waals surface area contributed by atoms with Crippen molar-refractivity contribution in [3.05, 3.63) is 16.8 Å². The van der Waals surface area contributed by atoms with Crippen molar-refractivity contribution in [2.75, 3.05) is 18.0 Å². The number of unbranched alkanes of at least 4 members (excludes halogenated alkanes) is 1. The van der Waals surface area contributed by atoms with Crippen molar-refractivity contribution in [2.45, 2.75) is 53.0 Å². The number of nitrogens with two attached hydrogens (primary N) is 2. The van der Waals surface area contributed by atoms with Gasteiger partial charge in [0.25, 0.3) is 0 Å². The van der Waals surface area contributed by atoms with Gasteiger partial charge in [-0.15, -0.1) is 5.10 Å². The molecule has 1 heterocycles. The maximum Gasteiger partial charge on any atom is 0.236 e. The lowest BCUT2D eigenvalue weighted by Gasteiger charge is -2.25. The van der Waals surface area contributed by atoms with Gasteiger partial charge in [0, 0.05) is 18.7 Å². The van der Waals surface area contributed by atoms with Crippen LogP contribution in [0.4, 0.5) is 5.82 Å². The maximum atomic E-state index is 11.3. The fraction of sp³-hybridized carbons (Fsp3) is 0.667. The minimum atomic E-state index is -0.367. The first-order chi connectivity index (χ1) is 10.1. The zero-order valence-corrected chi connectivity index (χ0v) is 13.4. The number of amides is 1. The average Bonchev–Trinajstić information content (AvgIpc) is 2.49. The Morgan fingerprint density at radius 3 is 2.33 bits per heavy atom. The minimum absolute atomic E-state index is 0.149. The van der Waals surface area contributed by atoms with Crippen LogP contribution in [0.3, 0.4) is 0 Å². The summed E-state index contributed by atoms with van der Waals surface area (Å²) in [5.41, 5.74) is 14.4. The number of carbonyl (C=O) groups excluding carboxylic acids is 1. The maximum absolute atomic E-state index is 11.3. The highest BCUT2D eigenvalue weighted by Crippen LogP contribution is 2.24. The van der Waals surface area contributed by atoms with E-state index >= 15 is 0 Å². The lowest BCUT2D eigenvalue weighted by atomic mass is 10.0. The topological polar surface area (TPSA) is 98.1 Å². The third-order valence-corrected chi connectivity index (χ3v) is 3.57. The fourth-order valence-corrected chi connectivity index (χ4v) is 2.50. The quantitative estimate of drug-likeness (QED) is 0.711. The fourth-order valence-electron chi connectivity index (χ4n) is 2.50. The molecule has 1 aromatic rings. The molecule has 0 saturated heterocycles. The molecule has 0 bridgehead atoms. The number of rotatable bonds is 9. The van der Waals surface area contributed by atoms with E-state index in [1.165, 1.54) is 0 Å². The minimum Gasteiger partial charge on any atom is -0.368 e. The van der Waals surface area contributed by atoms with Gasteiger partial charge < -0.3 is 16.4 Å². The van der Waals surface area contributed by atoms with Crippen LogP contribution >= 0.6 is 0 Å². The van der Waals surface area contributed by atoms with Crippen LogP contribution in [0.1, 0.15) is 50.4 Å². The molecule has 1 rings (SSSR count). The molecule has 1 aromatic heterocycles. The summed E-state index contributed by atoms with van der Waals surface area (Å²) >= 11 is 0. The van der Waals surface area contributed by atoms with Gasteiger partial charge in [-0.1, -0.05) is 27.2 Å². The Morgan fingerprint density at radius 1 is 1.14 bits per heavy atom. The van der Waals surface area contributed by atoms with E-state index in [9.17, 15) is 4.79 Å². The molecule has 0 spiro atoms. The molecule has 1 amide bonds. The molecule has 6 heteroatoms. The highest BCUT2D eigenvalue weighted by Gasteiger charge is 2.19. The molecule has 0 atom stereocenters.